The molecule has 0 unspecified atom stereocenters. The third kappa shape index (κ3) is 5.92. The van der Waals surface area contributed by atoms with E-state index in [-0.39, 0.29) is 0 Å². The van der Waals surface area contributed by atoms with Crippen LogP contribution in [0.3, 0.4) is 0 Å². The van der Waals surface area contributed by atoms with Gasteiger partial charge in [-0.05, 0) is 12.5 Å². The van der Waals surface area contributed by atoms with Crippen LogP contribution in [0.2, 0.25) is 0 Å². The van der Waals surface area contributed by atoms with Crippen molar-refractivity contribution in [3.63, 3.8) is 0 Å². The molecule has 1 aromatic carbocycles. The normalized spacial score (nSPS) is 16.2. The molecule has 0 bridgehead atoms. The molecular weight excluding hydrogens is 340 g/mol. The van der Waals surface area contributed by atoms with Gasteiger partial charge in [0.05, 0.1) is 0 Å². The topological polar surface area (TPSA) is 69.8 Å². The minimum absolute atomic E-state index is 0.658. The van der Waals surface area contributed by atoms with Crippen molar-refractivity contribution >= 4 is 12.0 Å². The number of guanidine groups is 1. The fourth-order valence-electron chi connectivity index (χ4n) is 3.10. The van der Waals surface area contributed by atoms with Gasteiger partial charge in [-0.3, -0.25) is 9.89 Å². The average Bonchev–Trinajstić information content (AvgIpc) is 3.12. The first kappa shape index (κ1) is 19.1. The molecule has 1 aliphatic rings. The molecule has 27 heavy (non-hydrogen) atoms. The molecule has 1 saturated heterocycles. The van der Waals surface area contributed by atoms with Crippen LogP contribution >= 0.6 is 0 Å². The molecule has 7 nitrogen and oxygen atoms in total. The van der Waals surface area contributed by atoms with Crippen LogP contribution in [0.5, 0.6) is 0 Å². The number of piperazine rings is 1. The van der Waals surface area contributed by atoms with Crippen LogP contribution < -0.4 is 5.32 Å². The van der Waals surface area contributed by atoms with E-state index in [1.54, 1.807) is 0 Å². The van der Waals surface area contributed by atoms with Crippen molar-refractivity contribution < 1.29 is 4.52 Å². The Labute approximate surface area is 160 Å². The number of aryl methyl sites for hydroxylation is 1. The fourth-order valence-corrected chi connectivity index (χ4v) is 3.10. The zero-order chi connectivity index (χ0) is 18.9. The molecule has 0 spiro atoms. The van der Waals surface area contributed by atoms with Crippen LogP contribution in [0.25, 0.3) is 6.08 Å². The monoisotopic (exact) mass is 368 g/mol. The highest BCUT2D eigenvalue weighted by molar-refractivity contribution is 5.80. The van der Waals surface area contributed by atoms with Crippen LogP contribution in [-0.2, 0) is 6.42 Å². The molecule has 7 heteroatoms. The summed E-state index contributed by atoms with van der Waals surface area (Å²) in [5, 5.41) is 7.20. The number of aliphatic imine (C=N–C) groups is 1. The molecule has 1 fully saturated rings. The summed E-state index contributed by atoms with van der Waals surface area (Å²) in [5.74, 6) is 2.27. The zero-order valence-corrected chi connectivity index (χ0v) is 16.1. The molecule has 0 amide bonds. The Kier molecular flexibility index (Phi) is 6.98. The largest absolute Gasteiger partial charge is 0.356 e. The number of benzene rings is 1. The van der Waals surface area contributed by atoms with Crippen molar-refractivity contribution in [1.82, 2.24) is 25.3 Å². The van der Waals surface area contributed by atoms with Crippen LogP contribution in [0.15, 0.2) is 45.9 Å². The second-order valence-corrected chi connectivity index (χ2v) is 6.56. The van der Waals surface area contributed by atoms with E-state index in [0.29, 0.717) is 18.1 Å². The molecule has 2 heterocycles. The molecule has 0 atom stereocenters. The third-order valence-electron chi connectivity index (χ3n) is 4.55. The van der Waals surface area contributed by atoms with E-state index in [2.05, 4.69) is 66.7 Å². The number of rotatable bonds is 6. The maximum Gasteiger partial charge on any atom is 0.228 e. The molecule has 0 radical (unpaired) electrons. The van der Waals surface area contributed by atoms with Gasteiger partial charge in [-0.1, -0.05) is 47.6 Å². The van der Waals surface area contributed by atoms with Gasteiger partial charge in [-0.15, -0.1) is 0 Å². The van der Waals surface area contributed by atoms with Crippen LogP contribution in [-0.4, -0.2) is 72.2 Å². The van der Waals surface area contributed by atoms with Gasteiger partial charge in [0.2, 0.25) is 5.89 Å². The lowest BCUT2D eigenvalue weighted by atomic mass is 10.2. The lowest BCUT2D eigenvalue weighted by Crippen LogP contribution is -2.52. The van der Waals surface area contributed by atoms with Crippen molar-refractivity contribution in [2.75, 3.05) is 46.3 Å². The summed E-state index contributed by atoms with van der Waals surface area (Å²) in [6, 6.07) is 10.4. The summed E-state index contributed by atoms with van der Waals surface area (Å²) in [6.07, 6.45) is 5.13. The van der Waals surface area contributed by atoms with Gasteiger partial charge in [0.15, 0.2) is 11.8 Å². The second-order valence-electron chi connectivity index (χ2n) is 6.56. The Morgan fingerprint density at radius 3 is 2.67 bits per heavy atom. The van der Waals surface area contributed by atoms with Crippen molar-refractivity contribution in [3.05, 3.63) is 53.7 Å². The van der Waals surface area contributed by atoms with E-state index in [1.807, 2.05) is 20.0 Å². The predicted molar refractivity (Wildman–Crippen MR) is 108 cm³/mol. The summed E-state index contributed by atoms with van der Waals surface area (Å²) in [6.45, 7) is 7.54. The fraction of sp³-hybridized carbons (Fsp3) is 0.450. The van der Waals surface area contributed by atoms with Crippen LogP contribution in [0.4, 0.5) is 0 Å². The Balaban J connectivity index is 1.38. The van der Waals surface area contributed by atoms with Gasteiger partial charge in [0.25, 0.3) is 0 Å². The van der Waals surface area contributed by atoms with E-state index in [4.69, 9.17) is 4.52 Å². The molecule has 2 aromatic rings. The van der Waals surface area contributed by atoms with Crippen molar-refractivity contribution in [2.24, 2.45) is 4.99 Å². The second kappa shape index (κ2) is 9.87. The van der Waals surface area contributed by atoms with Gasteiger partial charge in [0, 0.05) is 52.7 Å². The molecule has 3 rings (SSSR count). The van der Waals surface area contributed by atoms with Gasteiger partial charge in [0.1, 0.15) is 0 Å². The molecule has 144 valence electrons. The smallest absolute Gasteiger partial charge is 0.228 e. The van der Waals surface area contributed by atoms with Gasteiger partial charge in [-0.2, -0.15) is 4.98 Å². The summed E-state index contributed by atoms with van der Waals surface area (Å²) < 4.78 is 5.14. The lowest BCUT2D eigenvalue weighted by molar-refractivity contribution is 0.194. The van der Waals surface area contributed by atoms with E-state index in [9.17, 15) is 0 Å². The van der Waals surface area contributed by atoms with E-state index >= 15 is 0 Å². The molecule has 1 aromatic heterocycles. The summed E-state index contributed by atoms with van der Waals surface area (Å²) >= 11 is 0. The first-order chi connectivity index (χ1) is 13.2. The Morgan fingerprint density at radius 1 is 1.22 bits per heavy atom. The lowest BCUT2D eigenvalue weighted by Gasteiger charge is -2.36. The highest BCUT2D eigenvalue weighted by Crippen LogP contribution is 2.05. The first-order valence-electron chi connectivity index (χ1n) is 9.43. The zero-order valence-electron chi connectivity index (χ0n) is 16.1. The maximum absolute atomic E-state index is 5.14. The maximum atomic E-state index is 5.14. The number of nitrogens with zero attached hydrogens (tertiary/aromatic N) is 5. The summed E-state index contributed by atoms with van der Waals surface area (Å²) in [5.41, 5.74) is 1.25. The molecule has 1 aliphatic heterocycles. The minimum atomic E-state index is 0.658. The van der Waals surface area contributed by atoms with Gasteiger partial charge < -0.3 is 14.7 Å². The average molecular weight is 368 g/mol. The predicted octanol–water partition coefficient (Wildman–Crippen LogP) is 1.83. The third-order valence-corrected chi connectivity index (χ3v) is 4.55. The number of hydrogen-bond acceptors (Lipinski definition) is 5. The number of aromatic nitrogens is 2. The molecular formula is C20H28N6O. The highest BCUT2D eigenvalue weighted by atomic mass is 16.5. The van der Waals surface area contributed by atoms with Crippen LogP contribution in [0.1, 0.15) is 17.3 Å². The quantitative estimate of drug-likeness (QED) is 0.620. The van der Waals surface area contributed by atoms with Crippen molar-refractivity contribution in [1.29, 1.82) is 0 Å². The molecule has 1 N–H and O–H groups in total. The number of hydrogen-bond donors (Lipinski definition) is 1. The van der Waals surface area contributed by atoms with Gasteiger partial charge >= 0.3 is 0 Å². The highest BCUT2D eigenvalue weighted by Gasteiger charge is 2.18. The van der Waals surface area contributed by atoms with E-state index < -0.39 is 0 Å². The Morgan fingerprint density at radius 2 is 2.00 bits per heavy atom. The minimum Gasteiger partial charge on any atom is -0.356 e. The molecule has 0 saturated carbocycles. The van der Waals surface area contributed by atoms with Crippen molar-refractivity contribution in [3.8, 4) is 0 Å². The Hall–Kier alpha value is -2.67. The first-order valence-corrected chi connectivity index (χ1v) is 9.43. The Bertz CT molecular complexity index is 747. The van der Waals surface area contributed by atoms with Gasteiger partial charge in [-0.25, -0.2) is 0 Å². The van der Waals surface area contributed by atoms with E-state index in [0.717, 1.165) is 45.2 Å². The standard InChI is InChI=1S/C20H28N6O/c1-17-23-19(27-24-17)10-11-22-20(21-2)26-15-13-25(14-16-26)12-6-9-18-7-4-3-5-8-18/h3-9H,10-16H2,1-2H3,(H,21,22). The summed E-state index contributed by atoms with van der Waals surface area (Å²) in [7, 11) is 1.83. The summed E-state index contributed by atoms with van der Waals surface area (Å²) in [4.78, 5) is 13.4. The SMILES string of the molecule is CN=C(NCCc1nc(C)no1)N1CCN(CC=Cc2ccccc2)CC1. The number of nitrogens with one attached hydrogen (secondary N) is 1. The van der Waals surface area contributed by atoms with Crippen LogP contribution in [0, 0.1) is 6.92 Å². The van der Waals surface area contributed by atoms with Crippen molar-refractivity contribution in [2.45, 2.75) is 13.3 Å². The van der Waals surface area contributed by atoms with E-state index in [1.165, 1.54) is 5.56 Å². The molecule has 0 aliphatic carbocycles.